The van der Waals surface area contributed by atoms with Crippen molar-refractivity contribution in [1.82, 2.24) is 10.2 Å². The van der Waals surface area contributed by atoms with E-state index < -0.39 is 5.97 Å². The summed E-state index contributed by atoms with van der Waals surface area (Å²) in [6.07, 6.45) is 1.23. The van der Waals surface area contributed by atoms with Crippen LogP contribution in [0.5, 0.6) is 0 Å². The first-order valence-electron chi connectivity index (χ1n) is 6.97. The Bertz CT molecular complexity index is 552. The van der Waals surface area contributed by atoms with Crippen molar-refractivity contribution < 1.29 is 14.7 Å². The summed E-state index contributed by atoms with van der Waals surface area (Å²) in [4.78, 5) is 25.3. The van der Waals surface area contributed by atoms with Crippen molar-refractivity contribution in [2.24, 2.45) is 5.92 Å². The highest BCUT2D eigenvalue weighted by Crippen LogP contribution is 2.24. The van der Waals surface area contributed by atoms with Gasteiger partial charge in [-0.15, -0.1) is 0 Å². The largest absolute Gasteiger partial charge is 0.478 e. The molecular weight excluding hydrogens is 256 g/mol. The average Bonchev–Trinajstić information content (AvgIpc) is 2.41. The van der Waals surface area contributed by atoms with Crippen LogP contribution < -0.4 is 5.32 Å². The summed E-state index contributed by atoms with van der Waals surface area (Å²) in [7, 11) is 0. The number of carbonyl (C=O) groups is 2. The summed E-state index contributed by atoms with van der Waals surface area (Å²) in [5.74, 6) is -0.237. The Kier molecular flexibility index (Phi) is 3.44. The van der Waals surface area contributed by atoms with E-state index in [1.54, 1.807) is 12.1 Å². The Morgan fingerprint density at radius 3 is 2.80 bits per heavy atom. The highest BCUT2D eigenvalue weighted by molar-refractivity contribution is 5.90. The van der Waals surface area contributed by atoms with Crippen molar-refractivity contribution in [3.05, 3.63) is 34.9 Å². The topological polar surface area (TPSA) is 69.6 Å². The summed E-state index contributed by atoms with van der Waals surface area (Å²) in [6, 6.07) is 5.32. The maximum Gasteiger partial charge on any atom is 0.335 e. The third-order valence-corrected chi connectivity index (χ3v) is 4.18. The molecule has 1 fully saturated rings. The van der Waals surface area contributed by atoms with E-state index in [-0.39, 0.29) is 5.91 Å². The van der Waals surface area contributed by atoms with E-state index in [0.717, 1.165) is 24.2 Å². The Morgan fingerprint density at radius 1 is 1.35 bits per heavy atom. The zero-order chi connectivity index (χ0) is 14.1. The van der Waals surface area contributed by atoms with E-state index in [2.05, 4.69) is 5.32 Å². The number of carboxylic acid groups (broad SMARTS) is 1. The smallest absolute Gasteiger partial charge is 0.335 e. The molecule has 0 bridgehead atoms. The third-order valence-electron chi connectivity index (χ3n) is 4.18. The van der Waals surface area contributed by atoms with Gasteiger partial charge in [0, 0.05) is 19.5 Å². The number of carboxylic acids is 1. The SMILES string of the molecule is O=C(O)c1cccc2c1CCN(C(=O)CC1CNC1)C2. The highest BCUT2D eigenvalue weighted by Gasteiger charge is 2.27. The number of nitrogens with zero attached hydrogens (tertiary/aromatic N) is 1. The van der Waals surface area contributed by atoms with Crippen LogP contribution in [-0.4, -0.2) is 41.5 Å². The van der Waals surface area contributed by atoms with E-state index in [9.17, 15) is 14.7 Å². The van der Waals surface area contributed by atoms with Gasteiger partial charge in [0.05, 0.1) is 5.56 Å². The molecule has 0 atom stereocenters. The number of benzene rings is 1. The van der Waals surface area contributed by atoms with Crippen molar-refractivity contribution >= 4 is 11.9 Å². The number of carbonyl (C=O) groups excluding carboxylic acids is 1. The van der Waals surface area contributed by atoms with Crippen molar-refractivity contribution in [1.29, 1.82) is 0 Å². The van der Waals surface area contributed by atoms with Gasteiger partial charge in [-0.05, 0) is 42.6 Å². The van der Waals surface area contributed by atoms with Gasteiger partial charge < -0.3 is 15.3 Å². The van der Waals surface area contributed by atoms with Gasteiger partial charge in [0.1, 0.15) is 0 Å². The maximum atomic E-state index is 12.2. The van der Waals surface area contributed by atoms with E-state index >= 15 is 0 Å². The molecule has 1 aromatic carbocycles. The molecule has 2 aliphatic heterocycles. The Hall–Kier alpha value is -1.88. The van der Waals surface area contributed by atoms with Crippen LogP contribution in [0.25, 0.3) is 0 Å². The lowest BCUT2D eigenvalue weighted by Crippen LogP contribution is -2.46. The van der Waals surface area contributed by atoms with Crippen molar-refractivity contribution in [3.63, 3.8) is 0 Å². The Labute approximate surface area is 117 Å². The minimum absolute atomic E-state index is 0.183. The van der Waals surface area contributed by atoms with Crippen LogP contribution in [0, 0.1) is 5.92 Å². The molecule has 1 aromatic rings. The van der Waals surface area contributed by atoms with Gasteiger partial charge in [0.15, 0.2) is 0 Å². The highest BCUT2D eigenvalue weighted by atomic mass is 16.4. The summed E-state index contributed by atoms with van der Waals surface area (Å²) in [5, 5.41) is 12.4. The molecule has 3 rings (SSSR count). The summed E-state index contributed by atoms with van der Waals surface area (Å²) >= 11 is 0. The first kappa shape index (κ1) is 13.1. The molecule has 0 spiro atoms. The Morgan fingerprint density at radius 2 is 2.15 bits per heavy atom. The van der Waals surface area contributed by atoms with Gasteiger partial charge in [-0.25, -0.2) is 4.79 Å². The molecule has 2 N–H and O–H groups in total. The summed E-state index contributed by atoms with van der Waals surface area (Å²) in [5.41, 5.74) is 2.23. The first-order valence-corrected chi connectivity index (χ1v) is 6.97. The Balaban J connectivity index is 1.73. The number of hydrogen-bond acceptors (Lipinski definition) is 3. The van der Waals surface area contributed by atoms with Crippen molar-refractivity contribution in [3.8, 4) is 0 Å². The molecule has 0 unspecified atom stereocenters. The van der Waals surface area contributed by atoms with Gasteiger partial charge in [-0.1, -0.05) is 12.1 Å². The molecule has 106 valence electrons. The van der Waals surface area contributed by atoms with E-state index in [4.69, 9.17) is 0 Å². The molecule has 2 aliphatic rings. The second-order valence-corrected chi connectivity index (χ2v) is 5.54. The number of rotatable bonds is 3. The normalized spacial score (nSPS) is 18.3. The van der Waals surface area contributed by atoms with Crippen LogP contribution in [0.1, 0.15) is 27.9 Å². The average molecular weight is 274 g/mol. The van der Waals surface area contributed by atoms with Gasteiger partial charge in [0.25, 0.3) is 0 Å². The zero-order valence-corrected chi connectivity index (χ0v) is 11.3. The standard InChI is InChI=1S/C15H18N2O3/c18-14(6-10-7-16-8-10)17-5-4-12-11(9-17)2-1-3-13(12)15(19)20/h1-3,10,16H,4-9H2,(H,19,20). The van der Waals surface area contributed by atoms with Gasteiger partial charge in [-0.2, -0.15) is 0 Å². The second-order valence-electron chi connectivity index (χ2n) is 5.54. The minimum Gasteiger partial charge on any atom is -0.478 e. The van der Waals surface area contributed by atoms with Crippen molar-refractivity contribution in [2.45, 2.75) is 19.4 Å². The molecule has 5 nitrogen and oxygen atoms in total. The van der Waals surface area contributed by atoms with Gasteiger partial charge >= 0.3 is 5.97 Å². The number of aromatic carboxylic acids is 1. The van der Waals surface area contributed by atoms with Crippen LogP contribution in [0.2, 0.25) is 0 Å². The quantitative estimate of drug-likeness (QED) is 0.858. The number of amides is 1. The molecule has 20 heavy (non-hydrogen) atoms. The fourth-order valence-electron chi connectivity index (χ4n) is 2.89. The lowest BCUT2D eigenvalue weighted by atomic mass is 9.93. The fraction of sp³-hybridized carbons (Fsp3) is 0.467. The molecule has 2 heterocycles. The molecule has 0 saturated carbocycles. The fourth-order valence-corrected chi connectivity index (χ4v) is 2.89. The van der Waals surface area contributed by atoms with Crippen LogP contribution in [0.3, 0.4) is 0 Å². The zero-order valence-electron chi connectivity index (χ0n) is 11.3. The predicted octanol–water partition coefficient (Wildman–Crippen LogP) is 0.879. The third kappa shape index (κ3) is 2.41. The lowest BCUT2D eigenvalue weighted by molar-refractivity contribution is -0.133. The van der Waals surface area contributed by atoms with Crippen molar-refractivity contribution in [2.75, 3.05) is 19.6 Å². The lowest BCUT2D eigenvalue weighted by Gasteiger charge is -2.33. The monoisotopic (exact) mass is 274 g/mol. The van der Waals surface area contributed by atoms with Crippen LogP contribution in [0.15, 0.2) is 18.2 Å². The molecule has 0 aliphatic carbocycles. The number of fused-ring (bicyclic) bond motifs is 1. The first-order chi connectivity index (χ1) is 9.65. The second kappa shape index (κ2) is 5.25. The number of nitrogens with one attached hydrogen (secondary N) is 1. The van der Waals surface area contributed by atoms with E-state index in [0.29, 0.717) is 37.4 Å². The molecule has 1 saturated heterocycles. The van der Waals surface area contributed by atoms with E-state index in [1.165, 1.54) is 0 Å². The van der Waals surface area contributed by atoms with Gasteiger partial charge in [-0.3, -0.25) is 4.79 Å². The van der Waals surface area contributed by atoms with E-state index in [1.807, 2.05) is 11.0 Å². The minimum atomic E-state index is -0.887. The summed E-state index contributed by atoms with van der Waals surface area (Å²) in [6.45, 7) is 3.02. The van der Waals surface area contributed by atoms with Crippen LogP contribution in [-0.2, 0) is 17.8 Å². The predicted molar refractivity (Wildman–Crippen MR) is 73.5 cm³/mol. The van der Waals surface area contributed by atoms with Crippen LogP contribution >= 0.6 is 0 Å². The molecule has 1 amide bonds. The van der Waals surface area contributed by atoms with Crippen LogP contribution in [0.4, 0.5) is 0 Å². The molecule has 5 heteroatoms. The summed E-state index contributed by atoms with van der Waals surface area (Å²) < 4.78 is 0. The number of hydrogen-bond donors (Lipinski definition) is 2. The molecule has 0 radical (unpaired) electrons. The molecular formula is C15H18N2O3. The van der Waals surface area contributed by atoms with Gasteiger partial charge in [0.2, 0.25) is 5.91 Å². The molecule has 0 aromatic heterocycles. The maximum absolute atomic E-state index is 12.2.